The molecule has 0 atom stereocenters. The van der Waals surface area contributed by atoms with Gasteiger partial charge < -0.3 is 17.7 Å². The van der Waals surface area contributed by atoms with Gasteiger partial charge in [0.05, 0.1) is 5.41 Å². The van der Waals surface area contributed by atoms with Crippen molar-refractivity contribution < 1.29 is 17.7 Å². The summed E-state index contributed by atoms with van der Waals surface area (Å²) in [6.07, 6.45) is 0. The lowest BCUT2D eigenvalue weighted by Crippen LogP contribution is -2.28. The van der Waals surface area contributed by atoms with Gasteiger partial charge in [-0.3, -0.25) is 0 Å². The normalized spacial score (nSPS) is 13.4. The number of fused-ring (bicyclic) bond motifs is 17. The Morgan fingerprint density at radius 3 is 1.06 bits per heavy atom. The highest BCUT2D eigenvalue weighted by atomic mass is 16.3. The summed E-state index contributed by atoms with van der Waals surface area (Å²) in [5, 5.41) is 8.61. The van der Waals surface area contributed by atoms with Crippen LogP contribution in [0.2, 0.25) is 0 Å². The molecule has 302 valence electrons. The molecule has 65 heavy (non-hydrogen) atoms. The van der Waals surface area contributed by atoms with E-state index in [1.54, 1.807) is 0 Å². The largest absolute Gasteiger partial charge is 0.456 e. The summed E-state index contributed by atoms with van der Waals surface area (Å²) in [6.45, 7) is 0. The summed E-state index contributed by atoms with van der Waals surface area (Å²) in [5.74, 6) is 0. The van der Waals surface area contributed by atoms with Gasteiger partial charge in [-0.15, -0.1) is 0 Å². The summed E-state index contributed by atoms with van der Waals surface area (Å²) in [6, 6.07) is 73.6. The lowest BCUT2D eigenvalue weighted by atomic mass is 9.67. The Hall–Kier alpha value is -8.60. The van der Waals surface area contributed by atoms with Crippen LogP contribution in [0.25, 0.3) is 121 Å². The van der Waals surface area contributed by atoms with Crippen molar-refractivity contribution in [1.82, 2.24) is 0 Å². The molecule has 0 fully saturated rings. The second-order valence-corrected chi connectivity index (χ2v) is 17.4. The average molecular weight is 831 g/mol. The van der Waals surface area contributed by atoms with Crippen molar-refractivity contribution in [1.29, 1.82) is 0 Å². The molecule has 10 aromatic carbocycles. The zero-order chi connectivity index (χ0) is 42.4. The molecule has 4 heterocycles. The third-order valence-electron chi connectivity index (χ3n) is 14.1. The summed E-state index contributed by atoms with van der Waals surface area (Å²) in [5.41, 5.74) is 17.1. The van der Waals surface area contributed by atoms with E-state index in [-0.39, 0.29) is 0 Å². The van der Waals surface area contributed by atoms with Crippen molar-refractivity contribution in [3.8, 4) is 33.4 Å². The van der Waals surface area contributed by atoms with Crippen molar-refractivity contribution in [2.24, 2.45) is 0 Å². The molecule has 0 radical (unpaired) electrons. The van der Waals surface area contributed by atoms with Gasteiger partial charge >= 0.3 is 0 Å². The van der Waals surface area contributed by atoms with Gasteiger partial charge in [0, 0.05) is 54.2 Å². The van der Waals surface area contributed by atoms with Crippen LogP contribution in [0.3, 0.4) is 0 Å². The highest BCUT2D eigenvalue weighted by molar-refractivity contribution is 6.25. The monoisotopic (exact) mass is 830 g/mol. The summed E-state index contributed by atoms with van der Waals surface area (Å²) >= 11 is 0. The molecule has 0 saturated carbocycles. The zero-order valence-electron chi connectivity index (χ0n) is 34.8. The van der Waals surface area contributed by atoms with Crippen LogP contribution in [-0.2, 0) is 5.41 Å². The first-order valence-electron chi connectivity index (χ1n) is 22.1. The number of furan rings is 4. The van der Waals surface area contributed by atoms with Gasteiger partial charge in [0.15, 0.2) is 0 Å². The Morgan fingerprint density at radius 1 is 0.277 bits per heavy atom. The second kappa shape index (κ2) is 12.7. The smallest absolute Gasteiger partial charge is 0.144 e. The molecule has 0 spiro atoms. The van der Waals surface area contributed by atoms with Crippen LogP contribution >= 0.6 is 0 Å². The van der Waals surface area contributed by atoms with Crippen LogP contribution in [-0.4, -0.2) is 0 Å². The average Bonchev–Trinajstić information content (AvgIpc) is 4.18. The minimum atomic E-state index is -0.796. The number of rotatable bonds is 4. The van der Waals surface area contributed by atoms with Crippen molar-refractivity contribution >= 4 is 87.8 Å². The molecule has 0 saturated heterocycles. The molecule has 14 aromatic rings. The molecule has 4 aromatic heterocycles. The van der Waals surface area contributed by atoms with Crippen LogP contribution < -0.4 is 0 Å². The predicted octanol–water partition coefficient (Wildman–Crippen LogP) is 17.0. The fourth-order valence-electron chi connectivity index (χ4n) is 11.4. The van der Waals surface area contributed by atoms with E-state index < -0.39 is 5.41 Å². The SMILES string of the molecule is c1ccc(C2(c3ccccc3)c3cc(-c4ccc5oc6ccccc6c5c4)c4c(oc5ccccc54)c3-c3c2cc(-c2ccc4oc5ccccc5c4c2)c2c3oc3ccccc32)cc1. The Bertz CT molecular complexity index is 4010. The minimum absolute atomic E-state index is 0.796. The molecule has 0 N–H and O–H groups in total. The molecule has 0 amide bonds. The highest BCUT2D eigenvalue weighted by Crippen LogP contribution is 2.63. The fraction of sp³-hybridized carbons (Fsp3) is 0.0164. The number of para-hydroxylation sites is 4. The Kier molecular flexibility index (Phi) is 6.85. The second-order valence-electron chi connectivity index (χ2n) is 17.4. The van der Waals surface area contributed by atoms with E-state index in [2.05, 4.69) is 182 Å². The van der Waals surface area contributed by atoms with Gasteiger partial charge in [-0.25, -0.2) is 0 Å². The van der Waals surface area contributed by atoms with Crippen LogP contribution in [0.4, 0.5) is 0 Å². The predicted molar refractivity (Wildman–Crippen MR) is 264 cm³/mol. The summed E-state index contributed by atoms with van der Waals surface area (Å²) in [7, 11) is 0. The van der Waals surface area contributed by atoms with E-state index in [0.29, 0.717) is 0 Å². The van der Waals surface area contributed by atoms with Crippen molar-refractivity contribution in [2.45, 2.75) is 5.41 Å². The summed E-state index contributed by atoms with van der Waals surface area (Å²) < 4.78 is 27.3. The van der Waals surface area contributed by atoms with Crippen molar-refractivity contribution in [2.75, 3.05) is 0 Å². The van der Waals surface area contributed by atoms with E-state index in [0.717, 1.165) is 143 Å². The molecular weight excluding hydrogens is 797 g/mol. The molecule has 4 nitrogen and oxygen atoms in total. The van der Waals surface area contributed by atoms with Gasteiger partial charge in [-0.1, -0.05) is 146 Å². The molecule has 0 unspecified atom stereocenters. The Labute approximate surface area is 371 Å². The van der Waals surface area contributed by atoms with Gasteiger partial charge in [0.2, 0.25) is 0 Å². The first-order chi connectivity index (χ1) is 32.2. The van der Waals surface area contributed by atoms with E-state index in [1.807, 2.05) is 24.3 Å². The minimum Gasteiger partial charge on any atom is -0.456 e. The van der Waals surface area contributed by atoms with Gasteiger partial charge in [0.1, 0.15) is 44.7 Å². The van der Waals surface area contributed by atoms with E-state index in [9.17, 15) is 0 Å². The van der Waals surface area contributed by atoms with Crippen LogP contribution in [0.5, 0.6) is 0 Å². The van der Waals surface area contributed by atoms with Crippen molar-refractivity contribution in [3.05, 3.63) is 229 Å². The lowest BCUT2D eigenvalue weighted by Gasteiger charge is -2.34. The molecule has 15 rings (SSSR count). The maximum atomic E-state index is 7.27. The van der Waals surface area contributed by atoms with Crippen LogP contribution in [0.15, 0.2) is 224 Å². The highest BCUT2D eigenvalue weighted by Gasteiger charge is 2.50. The third kappa shape index (κ3) is 4.60. The van der Waals surface area contributed by atoms with Crippen molar-refractivity contribution in [3.63, 3.8) is 0 Å². The maximum Gasteiger partial charge on any atom is 0.144 e. The standard InChI is InChI=1S/C61H34O4/c1-3-15-37(16-4-1)61(38-17-5-2-6-18-38)47-33-43(35-27-29-53-45(31-35)39-19-7-11-23-49(39)62-53)55-41-21-9-13-25-51(41)64-59(55)57(47)58-48(61)34-44(56-42-22-10-14-26-52(42)65-60(56)58)36-28-30-54-46(32-36)40-20-8-12-24-50(40)63-54/h1-34H. The van der Waals surface area contributed by atoms with E-state index >= 15 is 0 Å². The van der Waals surface area contributed by atoms with E-state index in [4.69, 9.17) is 17.7 Å². The lowest BCUT2D eigenvalue weighted by molar-refractivity contribution is 0.665. The first-order valence-corrected chi connectivity index (χ1v) is 22.1. The topological polar surface area (TPSA) is 52.6 Å². The van der Waals surface area contributed by atoms with Crippen LogP contribution in [0.1, 0.15) is 22.3 Å². The maximum absolute atomic E-state index is 7.27. The summed E-state index contributed by atoms with van der Waals surface area (Å²) in [4.78, 5) is 0. The fourth-order valence-corrected chi connectivity index (χ4v) is 11.4. The quantitative estimate of drug-likeness (QED) is 0.177. The Balaban J connectivity index is 1.15. The molecule has 4 heteroatoms. The molecule has 1 aliphatic rings. The van der Waals surface area contributed by atoms with Gasteiger partial charge in [0.25, 0.3) is 0 Å². The zero-order valence-corrected chi connectivity index (χ0v) is 34.8. The number of benzene rings is 10. The van der Waals surface area contributed by atoms with E-state index in [1.165, 1.54) is 0 Å². The molecule has 0 aliphatic heterocycles. The molecule has 0 bridgehead atoms. The molecular formula is C61H34O4. The van der Waals surface area contributed by atoms with Gasteiger partial charge in [-0.2, -0.15) is 0 Å². The molecule has 1 aliphatic carbocycles. The van der Waals surface area contributed by atoms with Crippen LogP contribution in [0, 0.1) is 0 Å². The third-order valence-corrected chi connectivity index (χ3v) is 14.1. The van der Waals surface area contributed by atoms with Gasteiger partial charge in [-0.05, 0) is 105 Å². The Morgan fingerprint density at radius 2 is 0.631 bits per heavy atom. The first kappa shape index (κ1) is 34.9. The number of hydrogen-bond donors (Lipinski definition) is 0. The number of hydrogen-bond acceptors (Lipinski definition) is 4.